The topological polar surface area (TPSA) is 77.7 Å². The molecule has 108 valence electrons. The summed E-state index contributed by atoms with van der Waals surface area (Å²) >= 11 is 0. The molecular formula is C12H15ClN4O2S. The highest BCUT2D eigenvalue weighted by molar-refractivity contribution is 8.13. The third-order valence-electron chi connectivity index (χ3n) is 2.85. The molecule has 0 saturated carbocycles. The molecule has 0 fully saturated rings. The van der Waals surface area contributed by atoms with E-state index in [0.717, 1.165) is 23.4 Å². The number of nitrogens with zero attached hydrogens (tertiary/aromatic N) is 4. The molecule has 0 radical (unpaired) electrons. The molecule has 20 heavy (non-hydrogen) atoms. The monoisotopic (exact) mass is 314 g/mol. The van der Waals surface area contributed by atoms with Crippen LogP contribution >= 0.6 is 10.7 Å². The zero-order valence-electron chi connectivity index (χ0n) is 11.5. The van der Waals surface area contributed by atoms with E-state index in [0.29, 0.717) is 12.4 Å². The number of rotatable bonds is 4. The van der Waals surface area contributed by atoms with E-state index < -0.39 is 9.05 Å². The lowest BCUT2D eigenvalue weighted by atomic mass is 10.1. The number of pyridine rings is 1. The summed E-state index contributed by atoms with van der Waals surface area (Å²) < 4.78 is 24.6. The zero-order chi connectivity index (χ0) is 14.9. The predicted octanol–water partition coefficient (Wildman–Crippen LogP) is 2.29. The summed E-state index contributed by atoms with van der Waals surface area (Å²) in [7, 11) is 1.48. The van der Waals surface area contributed by atoms with Gasteiger partial charge in [-0.2, -0.15) is 0 Å². The van der Waals surface area contributed by atoms with E-state index in [1.165, 1.54) is 4.57 Å². The van der Waals surface area contributed by atoms with Gasteiger partial charge in [0.25, 0.3) is 14.2 Å². The standard InChI is InChI=1S/C12H15ClN4O2S/c1-4-7-17-11(15-16-12(17)20(13,18)19)10-6-5-8(2)14-9(10)3/h5-6H,4,7H2,1-3H3. The Morgan fingerprint density at radius 1 is 1.25 bits per heavy atom. The van der Waals surface area contributed by atoms with Crippen LogP contribution in [0, 0.1) is 13.8 Å². The van der Waals surface area contributed by atoms with E-state index in [-0.39, 0.29) is 5.16 Å². The van der Waals surface area contributed by atoms with Crippen LogP contribution in [-0.4, -0.2) is 28.2 Å². The van der Waals surface area contributed by atoms with Crippen molar-refractivity contribution in [2.75, 3.05) is 0 Å². The van der Waals surface area contributed by atoms with Crippen molar-refractivity contribution in [3.8, 4) is 11.4 Å². The molecule has 0 aliphatic heterocycles. The van der Waals surface area contributed by atoms with E-state index in [1.54, 1.807) is 0 Å². The fourth-order valence-corrected chi connectivity index (χ4v) is 2.94. The Morgan fingerprint density at radius 2 is 1.95 bits per heavy atom. The van der Waals surface area contributed by atoms with Crippen molar-refractivity contribution in [3.63, 3.8) is 0 Å². The van der Waals surface area contributed by atoms with Crippen LogP contribution in [0.5, 0.6) is 0 Å². The second-order valence-electron chi connectivity index (χ2n) is 4.48. The van der Waals surface area contributed by atoms with Crippen molar-refractivity contribution in [3.05, 3.63) is 23.5 Å². The molecule has 0 spiro atoms. The zero-order valence-corrected chi connectivity index (χ0v) is 13.0. The first-order valence-corrected chi connectivity index (χ1v) is 8.48. The summed E-state index contributed by atoms with van der Waals surface area (Å²) in [6.45, 7) is 6.15. The van der Waals surface area contributed by atoms with Crippen molar-refractivity contribution in [1.82, 2.24) is 19.7 Å². The second-order valence-corrected chi connectivity index (χ2v) is 6.94. The van der Waals surface area contributed by atoms with E-state index in [1.807, 2.05) is 32.9 Å². The fourth-order valence-electron chi connectivity index (χ4n) is 2.02. The Bertz CT molecular complexity index is 740. The van der Waals surface area contributed by atoms with Crippen molar-refractivity contribution >= 4 is 19.7 Å². The minimum absolute atomic E-state index is 0.226. The fraction of sp³-hybridized carbons (Fsp3) is 0.417. The molecule has 0 saturated heterocycles. The number of hydrogen-bond donors (Lipinski definition) is 0. The molecule has 0 aromatic carbocycles. The first-order chi connectivity index (χ1) is 9.34. The van der Waals surface area contributed by atoms with Gasteiger partial charge in [0.2, 0.25) is 0 Å². The highest BCUT2D eigenvalue weighted by Crippen LogP contribution is 2.24. The Kier molecular flexibility index (Phi) is 4.10. The molecule has 0 aliphatic carbocycles. The Balaban J connectivity index is 2.66. The van der Waals surface area contributed by atoms with Crippen LogP contribution in [0.25, 0.3) is 11.4 Å². The van der Waals surface area contributed by atoms with Crippen LogP contribution in [0.4, 0.5) is 0 Å². The van der Waals surface area contributed by atoms with Crippen LogP contribution in [0.1, 0.15) is 24.7 Å². The molecule has 0 aliphatic rings. The van der Waals surface area contributed by atoms with Gasteiger partial charge in [-0.1, -0.05) is 6.92 Å². The van der Waals surface area contributed by atoms with Crippen molar-refractivity contribution in [2.24, 2.45) is 0 Å². The lowest BCUT2D eigenvalue weighted by Crippen LogP contribution is -2.08. The second kappa shape index (κ2) is 5.49. The number of hydrogen-bond acceptors (Lipinski definition) is 5. The maximum absolute atomic E-state index is 11.5. The van der Waals surface area contributed by atoms with Gasteiger partial charge in [0.15, 0.2) is 5.82 Å². The summed E-state index contributed by atoms with van der Waals surface area (Å²) in [6, 6.07) is 3.71. The predicted molar refractivity (Wildman–Crippen MR) is 76.1 cm³/mol. The van der Waals surface area contributed by atoms with Crippen molar-refractivity contribution in [1.29, 1.82) is 0 Å². The molecule has 0 amide bonds. The van der Waals surface area contributed by atoms with Crippen LogP contribution in [-0.2, 0) is 15.6 Å². The van der Waals surface area contributed by atoms with Gasteiger partial charge in [-0.3, -0.25) is 9.55 Å². The third-order valence-corrected chi connectivity index (χ3v) is 4.00. The van der Waals surface area contributed by atoms with Crippen molar-refractivity contribution < 1.29 is 8.42 Å². The quantitative estimate of drug-likeness (QED) is 0.809. The molecule has 8 heteroatoms. The van der Waals surface area contributed by atoms with Crippen LogP contribution in [0.15, 0.2) is 17.3 Å². The largest absolute Gasteiger partial charge is 0.297 e. The molecule has 0 atom stereocenters. The maximum Gasteiger partial charge on any atom is 0.296 e. The molecular weight excluding hydrogens is 300 g/mol. The summed E-state index contributed by atoms with van der Waals surface area (Å²) in [6.07, 6.45) is 0.739. The van der Waals surface area contributed by atoms with Gasteiger partial charge < -0.3 is 0 Å². The van der Waals surface area contributed by atoms with E-state index in [9.17, 15) is 8.42 Å². The van der Waals surface area contributed by atoms with Gasteiger partial charge in [-0.25, -0.2) is 8.42 Å². The first kappa shape index (κ1) is 14.9. The van der Waals surface area contributed by atoms with Gasteiger partial charge in [0.05, 0.1) is 0 Å². The number of aromatic nitrogens is 4. The van der Waals surface area contributed by atoms with E-state index in [2.05, 4.69) is 15.2 Å². The molecule has 6 nitrogen and oxygen atoms in total. The highest BCUT2D eigenvalue weighted by Gasteiger charge is 2.23. The van der Waals surface area contributed by atoms with Gasteiger partial charge >= 0.3 is 0 Å². The first-order valence-electron chi connectivity index (χ1n) is 6.17. The molecule has 0 unspecified atom stereocenters. The third kappa shape index (κ3) is 2.83. The molecule has 2 rings (SSSR count). The molecule has 2 aromatic rings. The summed E-state index contributed by atoms with van der Waals surface area (Å²) in [5.41, 5.74) is 2.41. The van der Waals surface area contributed by atoms with E-state index in [4.69, 9.17) is 10.7 Å². The van der Waals surface area contributed by atoms with Gasteiger partial charge in [0, 0.05) is 34.2 Å². The average molecular weight is 315 g/mol. The normalized spacial score (nSPS) is 11.8. The molecule has 0 bridgehead atoms. The minimum Gasteiger partial charge on any atom is -0.297 e. The van der Waals surface area contributed by atoms with E-state index >= 15 is 0 Å². The van der Waals surface area contributed by atoms with Crippen LogP contribution < -0.4 is 0 Å². The summed E-state index contributed by atoms with van der Waals surface area (Å²) in [5.74, 6) is 0.469. The molecule has 2 aromatic heterocycles. The summed E-state index contributed by atoms with van der Waals surface area (Å²) in [4.78, 5) is 4.36. The lowest BCUT2D eigenvalue weighted by Gasteiger charge is -2.09. The Morgan fingerprint density at radius 3 is 2.50 bits per heavy atom. The van der Waals surface area contributed by atoms with Crippen LogP contribution in [0.3, 0.4) is 0 Å². The smallest absolute Gasteiger partial charge is 0.296 e. The lowest BCUT2D eigenvalue weighted by molar-refractivity contribution is 0.570. The minimum atomic E-state index is -3.92. The van der Waals surface area contributed by atoms with Crippen molar-refractivity contribution in [2.45, 2.75) is 38.9 Å². The summed E-state index contributed by atoms with van der Waals surface area (Å²) in [5, 5.41) is 7.46. The van der Waals surface area contributed by atoms with Gasteiger partial charge in [-0.15, -0.1) is 10.2 Å². The average Bonchev–Trinajstić information content (AvgIpc) is 2.73. The number of halogens is 1. The SMILES string of the molecule is CCCn1c(-c2ccc(C)nc2C)nnc1S(=O)(=O)Cl. The number of aryl methyl sites for hydroxylation is 2. The van der Waals surface area contributed by atoms with Crippen LogP contribution in [0.2, 0.25) is 0 Å². The Labute approximate surface area is 122 Å². The van der Waals surface area contributed by atoms with Gasteiger partial charge in [0.1, 0.15) is 0 Å². The molecule has 0 N–H and O–H groups in total. The highest BCUT2D eigenvalue weighted by atomic mass is 35.7. The Hall–Kier alpha value is -1.47. The maximum atomic E-state index is 11.5. The molecule has 2 heterocycles. The van der Waals surface area contributed by atoms with Gasteiger partial charge in [-0.05, 0) is 32.4 Å².